The second-order valence-electron chi connectivity index (χ2n) is 8.99. The van der Waals surface area contributed by atoms with E-state index in [4.69, 9.17) is 0 Å². The molecule has 0 aliphatic heterocycles. The molecule has 1 rings (SSSR count). The molecule has 0 saturated carbocycles. The van der Waals surface area contributed by atoms with E-state index in [0.29, 0.717) is 0 Å². The molecule has 0 aromatic heterocycles. The summed E-state index contributed by atoms with van der Waals surface area (Å²) in [5, 5.41) is 0. The summed E-state index contributed by atoms with van der Waals surface area (Å²) in [4.78, 5) is 0. The van der Waals surface area contributed by atoms with Gasteiger partial charge in [-0.1, -0.05) is 81.4 Å². The maximum Gasteiger partial charge on any atom is 0.00380 e. The molecule has 0 radical (unpaired) electrons. The average molecular weight is 236 g/mol. The van der Waals surface area contributed by atoms with Crippen LogP contribution >= 0.6 is 0 Å². The molecule has 17 heavy (non-hydrogen) atoms. The van der Waals surface area contributed by atoms with Crippen molar-refractivity contribution < 1.29 is 0 Å². The van der Waals surface area contributed by atoms with Crippen LogP contribution in [0.1, 0.15) is 69.2 Å². The van der Waals surface area contributed by atoms with Gasteiger partial charge in [-0.05, 0) is 21.7 Å². The topological polar surface area (TPSA) is 0 Å². The number of allylic oxidation sites excluding steroid dienone is 2. The van der Waals surface area contributed by atoms with Gasteiger partial charge >= 0.3 is 0 Å². The first-order valence-electron chi connectivity index (χ1n) is 6.91. The van der Waals surface area contributed by atoms with Gasteiger partial charge in [0.1, 0.15) is 0 Å². The summed E-state index contributed by atoms with van der Waals surface area (Å²) in [5.41, 5.74) is 1.26. The zero-order chi connectivity index (χ0) is 13.9. The molecule has 0 atom stereocenters. The van der Waals surface area contributed by atoms with Crippen LogP contribution in [-0.2, 0) is 0 Å². The molecule has 0 unspecified atom stereocenters. The van der Waals surface area contributed by atoms with E-state index in [1.165, 1.54) is 0 Å². The Morgan fingerprint density at radius 2 is 1.00 bits per heavy atom. The zero-order valence-corrected chi connectivity index (χ0v) is 13.7. The molecular weight excluding hydrogens is 204 g/mol. The van der Waals surface area contributed by atoms with Crippen LogP contribution < -0.4 is 0 Å². The monoisotopic (exact) mass is 236 g/mol. The molecule has 0 saturated heterocycles. The highest BCUT2D eigenvalue weighted by molar-refractivity contribution is 5.29. The van der Waals surface area contributed by atoms with Crippen molar-refractivity contribution in [3.63, 3.8) is 0 Å². The van der Waals surface area contributed by atoms with Crippen molar-refractivity contribution >= 4 is 0 Å². The summed E-state index contributed by atoms with van der Waals surface area (Å²) in [5.74, 6) is 0. The smallest absolute Gasteiger partial charge is 0.00380 e. The second kappa shape index (κ2) is 3.39. The van der Waals surface area contributed by atoms with Crippen LogP contribution in [0, 0.1) is 27.1 Å². The van der Waals surface area contributed by atoms with Crippen molar-refractivity contribution in [2.24, 2.45) is 27.1 Å². The van der Waals surface area contributed by atoms with Crippen molar-refractivity contribution in [2.45, 2.75) is 69.2 Å². The molecule has 0 heterocycles. The number of hydrogen-bond donors (Lipinski definition) is 0. The Bertz CT molecular complexity index is 312. The molecule has 0 heteroatoms. The van der Waals surface area contributed by atoms with Crippen molar-refractivity contribution in [1.29, 1.82) is 0 Å². The van der Waals surface area contributed by atoms with Gasteiger partial charge in [-0.3, -0.25) is 0 Å². The Morgan fingerprint density at radius 1 is 0.647 bits per heavy atom. The van der Waals surface area contributed by atoms with E-state index in [1.807, 2.05) is 0 Å². The second-order valence-corrected chi connectivity index (χ2v) is 8.99. The molecule has 0 aromatic rings. The Kier molecular flexibility index (Phi) is 2.96. The quantitative estimate of drug-likeness (QED) is 0.474. The first-order valence-corrected chi connectivity index (χ1v) is 6.91. The van der Waals surface area contributed by atoms with E-state index in [-0.39, 0.29) is 27.1 Å². The van der Waals surface area contributed by atoms with Gasteiger partial charge < -0.3 is 0 Å². The summed E-state index contributed by atoms with van der Waals surface area (Å²) in [6, 6.07) is 0. The van der Waals surface area contributed by atoms with Gasteiger partial charge in [0.2, 0.25) is 0 Å². The van der Waals surface area contributed by atoms with Gasteiger partial charge in [-0.15, -0.1) is 0 Å². The third-order valence-corrected chi connectivity index (χ3v) is 5.71. The Morgan fingerprint density at radius 3 is 1.12 bits per heavy atom. The van der Waals surface area contributed by atoms with Gasteiger partial charge in [0.25, 0.3) is 0 Å². The lowest BCUT2D eigenvalue weighted by Crippen LogP contribution is -2.56. The Hall–Kier alpha value is -0.260. The zero-order valence-electron chi connectivity index (χ0n) is 13.7. The van der Waals surface area contributed by atoms with E-state index < -0.39 is 0 Å². The standard InChI is InChI=1S/C17H32/c1-13(2,3)17(14(4,5)6)12-11-15(7,8)16(17,9)10/h11-12H,1-10H3. The molecule has 0 N–H and O–H groups in total. The van der Waals surface area contributed by atoms with Gasteiger partial charge in [0.05, 0.1) is 0 Å². The molecular formula is C17H32. The molecule has 1 aliphatic rings. The van der Waals surface area contributed by atoms with Crippen LogP contribution in [0.25, 0.3) is 0 Å². The van der Waals surface area contributed by atoms with Gasteiger partial charge in [-0.2, -0.15) is 0 Å². The predicted molar refractivity (Wildman–Crippen MR) is 78.0 cm³/mol. The van der Waals surface area contributed by atoms with E-state index in [0.717, 1.165) is 0 Å². The lowest BCUT2D eigenvalue weighted by atomic mass is 9.42. The van der Waals surface area contributed by atoms with E-state index in [9.17, 15) is 0 Å². The van der Waals surface area contributed by atoms with Crippen LogP contribution in [0.4, 0.5) is 0 Å². The average Bonchev–Trinajstić information content (AvgIpc) is 2.15. The van der Waals surface area contributed by atoms with E-state index in [1.54, 1.807) is 0 Å². The SMILES string of the molecule is CC(C)(C)C1(C(C)(C)C)C=CC(C)(C)C1(C)C. The fourth-order valence-corrected chi connectivity index (χ4v) is 4.76. The van der Waals surface area contributed by atoms with Crippen LogP contribution in [0.2, 0.25) is 0 Å². The molecule has 0 aromatic carbocycles. The first kappa shape index (κ1) is 14.8. The fourth-order valence-electron chi connectivity index (χ4n) is 4.76. The highest BCUT2D eigenvalue weighted by atomic mass is 14.7. The van der Waals surface area contributed by atoms with Gasteiger partial charge in [0, 0.05) is 5.41 Å². The van der Waals surface area contributed by atoms with Crippen molar-refractivity contribution in [3.8, 4) is 0 Å². The lowest BCUT2D eigenvalue weighted by Gasteiger charge is -2.61. The predicted octanol–water partition coefficient (Wildman–Crippen LogP) is 5.69. The van der Waals surface area contributed by atoms with Crippen LogP contribution in [0.5, 0.6) is 0 Å². The summed E-state index contributed by atoms with van der Waals surface area (Å²) in [7, 11) is 0. The summed E-state index contributed by atoms with van der Waals surface area (Å²) in [6.45, 7) is 24.0. The normalized spacial score (nSPS) is 26.2. The van der Waals surface area contributed by atoms with Gasteiger partial charge in [0.15, 0.2) is 0 Å². The Labute approximate surface area is 109 Å². The van der Waals surface area contributed by atoms with Gasteiger partial charge in [-0.25, -0.2) is 0 Å². The molecule has 0 fully saturated rings. The molecule has 0 nitrogen and oxygen atoms in total. The Balaban J connectivity index is 3.57. The first-order chi connectivity index (χ1) is 7.21. The summed E-state index contributed by atoms with van der Waals surface area (Å²) >= 11 is 0. The highest BCUT2D eigenvalue weighted by Gasteiger charge is 2.64. The maximum atomic E-state index is 2.52. The summed E-state index contributed by atoms with van der Waals surface area (Å²) in [6.07, 6.45) is 4.97. The lowest BCUT2D eigenvalue weighted by molar-refractivity contribution is -0.113. The minimum Gasteiger partial charge on any atom is -0.0817 e. The summed E-state index contributed by atoms with van der Waals surface area (Å²) < 4.78 is 0. The van der Waals surface area contributed by atoms with E-state index in [2.05, 4.69) is 81.4 Å². The highest BCUT2D eigenvalue weighted by Crippen LogP contribution is 2.70. The molecule has 100 valence electrons. The maximum absolute atomic E-state index is 2.52. The fraction of sp³-hybridized carbons (Fsp3) is 0.882. The molecule has 0 amide bonds. The van der Waals surface area contributed by atoms with Crippen LogP contribution in [0.15, 0.2) is 12.2 Å². The number of rotatable bonds is 0. The van der Waals surface area contributed by atoms with Crippen LogP contribution in [0.3, 0.4) is 0 Å². The molecule has 0 spiro atoms. The minimum absolute atomic E-state index is 0.219. The molecule has 1 aliphatic carbocycles. The minimum atomic E-state index is 0.219. The molecule has 0 bridgehead atoms. The van der Waals surface area contributed by atoms with Crippen molar-refractivity contribution in [3.05, 3.63) is 12.2 Å². The number of hydrogen-bond acceptors (Lipinski definition) is 0. The van der Waals surface area contributed by atoms with Crippen molar-refractivity contribution in [2.75, 3.05) is 0 Å². The third kappa shape index (κ3) is 1.63. The van der Waals surface area contributed by atoms with Crippen LogP contribution in [-0.4, -0.2) is 0 Å². The third-order valence-electron chi connectivity index (χ3n) is 5.71. The largest absolute Gasteiger partial charge is 0.0817 e. The van der Waals surface area contributed by atoms with E-state index >= 15 is 0 Å². The van der Waals surface area contributed by atoms with Crippen molar-refractivity contribution in [1.82, 2.24) is 0 Å².